The van der Waals surface area contributed by atoms with Gasteiger partial charge in [0.05, 0.1) is 17.7 Å². The Morgan fingerprint density at radius 3 is 2.61 bits per heavy atom. The van der Waals surface area contributed by atoms with Gasteiger partial charge >= 0.3 is 0 Å². The highest BCUT2D eigenvalue weighted by molar-refractivity contribution is 5.94. The molecule has 142 valence electrons. The van der Waals surface area contributed by atoms with Crippen LogP contribution in [0.3, 0.4) is 0 Å². The molecule has 2 aliphatic heterocycles. The maximum Gasteiger partial charge on any atom is 0.253 e. The molecule has 2 fully saturated rings. The van der Waals surface area contributed by atoms with E-state index in [9.17, 15) is 14.0 Å². The Bertz CT molecular complexity index is 984. The Kier molecular flexibility index (Phi) is 4.60. The van der Waals surface area contributed by atoms with Gasteiger partial charge in [-0.05, 0) is 35.9 Å². The molecule has 2 aliphatic rings. The molecule has 2 aromatic carbocycles. The van der Waals surface area contributed by atoms with Gasteiger partial charge in [0.1, 0.15) is 5.82 Å². The van der Waals surface area contributed by atoms with Crippen LogP contribution < -0.4 is 0 Å². The molecule has 6 heteroatoms. The smallest absolute Gasteiger partial charge is 0.253 e. The lowest BCUT2D eigenvalue weighted by atomic mass is 9.89. The topological polar surface area (TPSA) is 64.4 Å². The number of nitriles is 1. The molecular formula is C22H20FN3O2. The van der Waals surface area contributed by atoms with E-state index in [0.717, 1.165) is 5.56 Å². The second kappa shape index (κ2) is 7.08. The van der Waals surface area contributed by atoms with Gasteiger partial charge in [-0.25, -0.2) is 4.39 Å². The highest BCUT2D eigenvalue weighted by Gasteiger charge is 2.49. The number of fused-ring (bicyclic) bond motifs is 1. The van der Waals surface area contributed by atoms with Crippen molar-refractivity contribution in [3.05, 3.63) is 71.0 Å². The van der Waals surface area contributed by atoms with E-state index in [0.29, 0.717) is 30.8 Å². The fourth-order valence-electron chi connectivity index (χ4n) is 4.56. The summed E-state index contributed by atoms with van der Waals surface area (Å²) in [6.07, 6.45) is 0. The maximum atomic E-state index is 13.8. The van der Waals surface area contributed by atoms with Crippen LogP contribution in [0.15, 0.2) is 48.5 Å². The van der Waals surface area contributed by atoms with Crippen molar-refractivity contribution in [3.63, 3.8) is 0 Å². The molecule has 0 unspecified atom stereocenters. The van der Waals surface area contributed by atoms with Gasteiger partial charge in [-0.15, -0.1) is 0 Å². The van der Waals surface area contributed by atoms with Crippen LogP contribution in [0.5, 0.6) is 0 Å². The summed E-state index contributed by atoms with van der Waals surface area (Å²) in [4.78, 5) is 28.7. The van der Waals surface area contributed by atoms with Crippen molar-refractivity contribution in [2.45, 2.75) is 13.0 Å². The lowest BCUT2D eigenvalue weighted by Gasteiger charge is -2.29. The number of carbonyl (C=O) groups is 2. The second-order valence-corrected chi connectivity index (χ2v) is 7.50. The minimum atomic E-state index is -0.330. The van der Waals surface area contributed by atoms with E-state index in [1.165, 1.54) is 19.1 Å². The van der Waals surface area contributed by atoms with E-state index in [4.69, 9.17) is 5.26 Å². The number of benzene rings is 2. The molecule has 0 aliphatic carbocycles. The third-order valence-corrected chi connectivity index (χ3v) is 5.78. The number of rotatable bonds is 2. The molecule has 3 atom stereocenters. The van der Waals surface area contributed by atoms with E-state index in [2.05, 4.69) is 6.07 Å². The van der Waals surface area contributed by atoms with Gasteiger partial charge in [0.25, 0.3) is 5.91 Å². The lowest BCUT2D eigenvalue weighted by Crippen LogP contribution is -2.36. The SMILES string of the molecule is CC(=O)N1C[C@H]2CN(C(=O)c3cccc(C#N)c3)C[C@H]2[C@@H]1c1cccc(F)c1. The zero-order valence-corrected chi connectivity index (χ0v) is 15.5. The molecular weight excluding hydrogens is 357 g/mol. The Labute approximate surface area is 163 Å². The number of amides is 2. The van der Waals surface area contributed by atoms with E-state index < -0.39 is 0 Å². The fourth-order valence-corrected chi connectivity index (χ4v) is 4.56. The molecule has 0 saturated carbocycles. The highest BCUT2D eigenvalue weighted by atomic mass is 19.1. The summed E-state index contributed by atoms with van der Waals surface area (Å²) in [6, 6.07) is 14.9. The van der Waals surface area contributed by atoms with Gasteiger partial charge in [0, 0.05) is 44.0 Å². The molecule has 0 spiro atoms. The monoisotopic (exact) mass is 377 g/mol. The average molecular weight is 377 g/mol. The van der Waals surface area contributed by atoms with Crippen molar-refractivity contribution in [1.29, 1.82) is 5.26 Å². The molecule has 5 nitrogen and oxygen atoms in total. The Morgan fingerprint density at radius 2 is 1.89 bits per heavy atom. The predicted molar refractivity (Wildman–Crippen MR) is 101 cm³/mol. The van der Waals surface area contributed by atoms with E-state index >= 15 is 0 Å². The molecule has 0 aromatic heterocycles. The Morgan fingerprint density at radius 1 is 1.11 bits per heavy atom. The molecule has 0 bridgehead atoms. The minimum Gasteiger partial charge on any atom is -0.338 e. The Hall–Kier alpha value is -3.20. The number of nitrogens with zero attached hydrogens (tertiary/aromatic N) is 3. The van der Waals surface area contributed by atoms with Crippen LogP contribution in [0.4, 0.5) is 4.39 Å². The number of carbonyl (C=O) groups excluding carboxylic acids is 2. The standard InChI is InChI=1S/C22H20FN3O2/c1-14(27)26-12-18-11-25(22(28)17-6-2-4-15(8-17)10-24)13-20(18)21(26)16-5-3-7-19(23)9-16/h2-9,18,20-21H,11-13H2,1H3/t18-,20-,21+/m1/s1. The summed E-state index contributed by atoms with van der Waals surface area (Å²) >= 11 is 0. The molecule has 2 amide bonds. The summed E-state index contributed by atoms with van der Waals surface area (Å²) in [5.41, 5.74) is 1.71. The third kappa shape index (κ3) is 3.13. The number of likely N-dealkylation sites (tertiary alicyclic amines) is 2. The first-order valence-corrected chi connectivity index (χ1v) is 9.30. The van der Waals surface area contributed by atoms with Crippen LogP contribution in [0, 0.1) is 29.0 Å². The summed E-state index contributed by atoms with van der Waals surface area (Å²) in [5.74, 6) is -0.264. The lowest BCUT2D eigenvalue weighted by molar-refractivity contribution is -0.130. The second-order valence-electron chi connectivity index (χ2n) is 7.50. The third-order valence-electron chi connectivity index (χ3n) is 5.78. The summed E-state index contributed by atoms with van der Waals surface area (Å²) in [5, 5.41) is 9.06. The number of hydrogen-bond donors (Lipinski definition) is 0. The summed E-state index contributed by atoms with van der Waals surface area (Å²) in [6.45, 7) is 3.15. The number of hydrogen-bond acceptors (Lipinski definition) is 3. The van der Waals surface area contributed by atoms with Crippen LogP contribution in [-0.2, 0) is 4.79 Å². The quantitative estimate of drug-likeness (QED) is 0.808. The van der Waals surface area contributed by atoms with E-state index in [-0.39, 0.29) is 35.5 Å². The fraction of sp³-hybridized carbons (Fsp3) is 0.318. The van der Waals surface area contributed by atoms with Crippen molar-refractivity contribution in [2.75, 3.05) is 19.6 Å². The summed E-state index contributed by atoms with van der Waals surface area (Å²) < 4.78 is 13.8. The zero-order chi connectivity index (χ0) is 19.8. The predicted octanol–water partition coefficient (Wildman–Crippen LogP) is 2.99. The summed E-state index contributed by atoms with van der Waals surface area (Å²) in [7, 11) is 0. The first-order valence-electron chi connectivity index (χ1n) is 9.30. The Balaban J connectivity index is 1.60. The first kappa shape index (κ1) is 18.2. The van der Waals surface area contributed by atoms with E-state index in [1.54, 1.807) is 40.1 Å². The molecule has 2 heterocycles. The highest BCUT2D eigenvalue weighted by Crippen LogP contribution is 2.45. The molecule has 28 heavy (non-hydrogen) atoms. The molecule has 2 aromatic rings. The molecule has 0 radical (unpaired) electrons. The van der Waals surface area contributed by atoms with Crippen molar-refractivity contribution >= 4 is 11.8 Å². The van der Waals surface area contributed by atoms with Crippen molar-refractivity contribution in [2.24, 2.45) is 11.8 Å². The van der Waals surface area contributed by atoms with Gasteiger partial charge in [-0.1, -0.05) is 18.2 Å². The minimum absolute atomic E-state index is 0.0386. The van der Waals surface area contributed by atoms with Gasteiger partial charge in [0.2, 0.25) is 5.91 Å². The molecule has 2 saturated heterocycles. The van der Waals surface area contributed by atoms with Crippen molar-refractivity contribution < 1.29 is 14.0 Å². The van der Waals surface area contributed by atoms with Crippen LogP contribution in [-0.4, -0.2) is 41.2 Å². The first-order chi connectivity index (χ1) is 13.5. The largest absolute Gasteiger partial charge is 0.338 e. The van der Waals surface area contributed by atoms with Crippen molar-refractivity contribution in [1.82, 2.24) is 9.80 Å². The number of halogens is 1. The molecule has 0 N–H and O–H groups in total. The van der Waals surface area contributed by atoms with Crippen LogP contribution in [0.2, 0.25) is 0 Å². The van der Waals surface area contributed by atoms with Gasteiger partial charge < -0.3 is 9.80 Å². The van der Waals surface area contributed by atoms with Gasteiger partial charge in [-0.2, -0.15) is 5.26 Å². The van der Waals surface area contributed by atoms with E-state index in [1.807, 2.05) is 6.07 Å². The van der Waals surface area contributed by atoms with Gasteiger partial charge in [-0.3, -0.25) is 9.59 Å². The molecule has 4 rings (SSSR count). The van der Waals surface area contributed by atoms with Crippen molar-refractivity contribution in [3.8, 4) is 6.07 Å². The zero-order valence-electron chi connectivity index (χ0n) is 15.5. The van der Waals surface area contributed by atoms with Crippen LogP contribution in [0.1, 0.15) is 34.5 Å². The van der Waals surface area contributed by atoms with Crippen LogP contribution >= 0.6 is 0 Å². The maximum absolute atomic E-state index is 13.8. The average Bonchev–Trinajstić information content (AvgIpc) is 3.25. The van der Waals surface area contributed by atoms with Gasteiger partial charge in [0.15, 0.2) is 0 Å². The normalized spacial score (nSPS) is 23.4. The van der Waals surface area contributed by atoms with Crippen LogP contribution in [0.25, 0.3) is 0 Å².